The van der Waals surface area contributed by atoms with Crippen molar-refractivity contribution in [3.8, 4) is 0 Å². The Morgan fingerprint density at radius 3 is 2.29 bits per heavy atom. The SMILES string of the molecule is CS(=O)(=O)CC(=O)CC1CCCCC1. The monoisotopic (exact) mass is 218 g/mol. The molecule has 0 saturated heterocycles. The molecule has 1 saturated carbocycles. The average molecular weight is 218 g/mol. The Hall–Kier alpha value is -0.380. The van der Waals surface area contributed by atoms with Gasteiger partial charge in [0.1, 0.15) is 11.5 Å². The molecule has 0 amide bonds. The van der Waals surface area contributed by atoms with Crippen molar-refractivity contribution in [3.05, 3.63) is 0 Å². The average Bonchev–Trinajstić information content (AvgIpc) is 2.02. The molecule has 3 nitrogen and oxygen atoms in total. The number of sulfone groups is 1. The molecule has 4 heteroatoms. The second-order valence-corrected chi connectivity index (χ2v) is 6.46. The minimum atomic E-state index is -3.12. The van der Waals surface area contributed by atoms with Gasteiger partial charge >= 0.3 is 0 Å². The van der Waals surface area contributed by atoms with Gasteiger partial charge in [-0.2, -0.15) is 0 Å². The van der Waals surface area contributed by atoms with Gasteiger partial charge in [0.25, 0.3) is 0 Å². The first-order chi connectivity index (χ1) is 6.47. The maximum absolute atomic E-state index is 11.3. The summed E-state index contributed by atoms with van der Waals surface area (Å²) in [5.41, 5.74) is 0. The molecule has 0 aromatic heterocycles. The van der Waals surface area contributed by atoms with Crippen molar-refractivity contribution in [2.45, 2.75) is 38.5 Å². The Labute approximate surface area is 85.8 Å². The Bertz CT molecular complexity index is 286. The predicted octanol–water partition coefficient (Wildman–Crippen LogP) is 1.57. The first-order valence-electron chi connectivity index (χ1n) is 5.17. The molecule has 0 N–H and O–H groups in total. The fourth-order valence-corrected chi connectivity index (χ4v) is 2.77. The van der Waals surface area contributed by atoms with Crippen LogP contribution in [0.3, 0.4) is 0 Å². The lowest BCUT2D eigenvalue weighted by molar-refractivity contribution is -0.117. The third-order valence-corrected chi connectivity index (χ3v) is 3.51. The van der Waals surface area contributed by atoms with Crippen LogP contribution in [-0.2, 0) is 14.6 Å². The van der Waals surface area contributed by atoms with Crippen molar-refractivity contribution in [1.82, 2.24) is 0 Å². The number of Topliss-reactive ketones (excluding diaryl/α,β-unsaturated/α-hetero) is 1. The van der Waals surface area contributed by atoms with Gasteiger partial charge in [-0.15, -0.1) is 0 Å². The van der Waals surface area contributed by atoms with Crippen molar-refractivity contribution >= 4 is 15.6 Å². The molecule has 1 aliphatic carbocycles. The summed E-state index contributed by atoms with van der Waals surface area (Å²) in [5.74, 6) is 0.0566. The Kier molecular flexibility index (Phi) is 4.11. The number of ketones is 1. The van der Waals surface area contributed by atoms with Crippen LogP contribution in [0.15, 0.2) is 0 Å². The summed E-state index contributed by atoms with van der Waals surface area (Å²) < 4.78 is 21.7. The standard InChI is InChI=1S/C10H18O3S/c1-14(12,13)8-10(11)7-9-5-3-2-4-6-9/h9H,2-8H2,1H3. The quantitative estimate of drug-likeness (QED) is 0.719. The number of rotatable bonds is 4. The van der Waals surface area contributed by atoms with Crippen LogP contribution in [-0.4, -0.2) is 26.2 Å². The largest absolute Gasteiger partial charge is 0.299 e. The lowest BCUT2D eigenvalue weighted by Crippen LogP contribution is -2.19. The Morgan fingerprint density at radius 1 is 1.21 bits per heavy atom. The van der Waals surface area contributed by atoms with Crippen LogP contribution in [0, 0.1) is 5.92 Å². The van der Waals surface area contributed by atoms with Crippen molar-refractivity contribution in [3.63, 3.8) is 0 Å². The highest BCUT2D eigenvalue weighted by Gasteiger charge is 2.19. The number of hydrogen-bond acceptors (Lipinski definition) is 3. The normalized spacial score (nSPS) is 19.5. The van der Waals surface area contributed by atoms with E-state index in [0.717, 1.165) is 19.1 Å². The first kappa shape index (κ1) is 11.7. The number of carbonyl (C=O) groups is 1. The third-order valence-electron chi connectivity index (χ3n) is 2.66. The van der Waals surface area contributed by atoms with Crippen molar-refractivity contribution in [2.75, 3.05) is 12.0 Å². The molecule has 1 aliphatic rings. The molecule has 0 atom stereocenters. The molecule has 0 aliphatic heterocycles. The van der Waals surface area contributed by atoms with E-state index in [4.69, 9.17) is 0 Å². The molecule has 0 aromatic carbocycles. The smallest absolute Gasteiger partial charge is 0.154 e. The molecule has 0 radical (unpaired) electrons. The maximum Gasteiger partial charge on any atom is 0.154 e. The minimum Gasteiger partial charge on any atom is -0.299 e. The van der Waals surface area contributed by atoms with Crippen LogP contribution in [0.5, 0.6) is 0 Å². The summed E-state index contributed by atoms with van der Waals surface area (Å²) in [4.78, 5) is 11.3. The second-order valence-electron chi connectivity index (χ2n) is 4.32. The van der Waals surface area contributed by atoms with E-state index in [1.54, 1.807) is 0 Å². The molecule has 0 spiro atoms. The third kappa shape index (κ3) is 4.74. The van der Waals surface area contributed by atoms with E-state index in [2.05, 4.69) is 0 Å². The maximum atomic E-state index is 11.3. The van der Waals surface area contributed by atoms with Gasteiger partial charge in [0.15, 0.2) is 9.84 Å². The molecule has 14 heavy (non-hydrogen) atoms. The highest BCUT2D eigenvalue weighted by molar-refractivity contribution is 7.91. The van der Waals surface area contributed by atoms with Gasteiger partial charge in [-0.25, -0.2) is 8.42 Å². The first-order valence-corrected chi connectivity index (χ1v) is 7.23. The summed E-state index contributed by atoms with van der Waals surface area (Å²) in [7, 11) is -3.12. The molecule has 0 bridgehead atoms. The highest BCUT2D eigenvalue weighted by Crippen LogP contribution is 2.26. The van der Waals surface area contributed by atoms with Gasteiger partial charge in [0, 0.05) is 12.7 Å². The summed E-state index contributed by atoms with van der Waals surface area (Å²) >= 11 is 0. The van der Waals surface area contributed by atoms with Crippen LogP contribution < -0.4 is 0 Å². The molecule has 0 heterocycles. The van der Waals surface area contributed by atoms with Gasteiger partial charge in [-0.1, -0.05) is 32.1 Å². The van der Waals surface area contributed by atoms with Crippen LogP contribution >= 0.6 is 0 Å². The summed E-state index contributed by atoms with van der Waals surface area (Å²) in [6.07, 6.45) is 7.41. The van der Waals surface area contributed by atoms with E-state index in [-0.39, 0.29) is 11.5 Å². The van der Waals surface area contributed by atoms with E-state index < -0.39 is 9.84 Å². The lowest BCUT2D eigenvalue weighted by atomic mass is 9.86. The molecule has 1 rings (SSSR count). The number of hydrogen-bond donors (Lipinski definition) is 0. The fraction of sp³-hybridized carbons (Fsp3) is 0.900. The zero-order chi connectivity index (χ0) is 10.6. The predicted molar refractivity (Wildman–Crippen MR) is 55.9 cm³/mol. The Balaban J connectivity index is 2.32. The molecule has 82 valence electrons. The van der Waals surface area contributed by atoms with Crippen molar-refractivity contribution in [2.24, 2.45) is 5.92 Å². The van der Waals surface area contributed by atoms with E-state index in [1.165, 1.54) is 19.3 Å². The van der Waals surface area contributed by atoms with Gasteiger partial charge in [-0.3, -0.25) is 4.79 Å². The fourth-order valence-electron chi connectivity index (χ4n) is 2.06. The molecule has 1 fully saturated rings. The van der Waals surface area contributed by atoms with Crippen LogP contribution in [0.2, 0.25) is 0 Å². The van der Waals surface area contributed by atoms with Gasteiger partial charge in [0.2, 0.25) is 0 Å². The van der Waals surface area contributed by atoms with Gasteiger partial charge in [0.05, 0.1) is 0 Å². The summed E-state index contributed by atoms with van der Waals surface area (Å²) in [6, 6.07) is 0. The van der Waals surface area contributed by atoms with E-state index in [1.807, 2.05) is 0 Å². The molecular formula is C10H18O3S. The zero-order valence-corrected chi connectivity index (χ0v) is 9.48. The van der Waals surface area contributed by atoms with E-state index in [0.29, 0.717) is 12.3 Å². The van der Waals surface area contributed by atoms with Gasteiger partial charge < -0.3 is 0 Å². The topological polar surface area (TPSA) is 51.2 Å². The molecule has 0 unspecified atom stereocenters. The van der Waals surface area contributed by atoms with Crippen LogP contribution in [0.25, 0.3) is 0 Å². The number of carbonyl (C=O) groups excluding carboxylic acids is 1. The van der Waals surface area contributed by atoms with Crippen LogP contribution in [0.4, 0.5) is 0 Å². The minimum absolute atomic E-state index is 0.112. The van der Waals surface area contributed by atoms with Crippen molar-refractivity contribution < 1.29 is 13.2 Å². The van der Waals surface area contributed by atoms with Crippen molar-refractivity contribution in [1.29, 1.82) is 0 Å². The van der Waals surface area contributed by atoms with E-state index >= 15 is 0 Å². The van der Waals surface area contributed by atoms with Gasteiger partial charge in [-0.05, 0) is 5.92 Å². The molecular weight excluding hydrogens is 200 g/mol. The zero-order valence-electron chi connectivity index (χ0n) is 8.66. The Morgan fingerprint density at radius 2 is 1.79 bits per heavy atom. The second kappa shape index (κ2) is 4.91. The summed E-state index contributed by atoms with van der Waals surface area (Å²) in [6.45, 7) is 0. The lowest BCUT2D eigenvalue weighted by Gasteiger charge is -2.20. The highest BCUT2D eigenvalue weighted by atomic mass is 32.2. The molecule has 0 aromatic rings. The van der Waals surface area contributed by atoms with Crippen LogP contribution in [0.1, 0.15) is 38.5 Å². The summed E-state index contributed by atoms with van der Waals surface area (Å²) in [5, 5.41) is 0. The van der Waals surface area contributed by atoms with E-state index in [9.17, 15) is 13.2 Å².